The first-order valence-electron chi connectivity index (χ1n) is 11.4. The van der Waals surface area contributed by atoms with Gasteiger partial charge < -0.3 is 10.5 Å². The maximum atomic E-state index is 6.85. The molecule has 1 aliphatic carbocycles. The third-order valence-electron chi connectivity index (χ3n) is 6.32. The highest BCUT2D eigenvalue weighted by atomic mass is 32.2. The molecule has 2 fully saturated rings. The van der Waals surface area contributed by atoms with E-state index in [1.54, 1.807) is 0 Å². The standard InChI is InChI=1S/C25H34N2OS2/c1-3-5-6-7-9-17(4-2)21-16-20(18-12-14-28-15-13-18)22-23(26)25(30-24(22)27-21)29-19-10-8-11-19/h4-7,9,16,18-19,23,25H,3,8,10-15,26H2,1-2H3/b6-5+,9-7-,17-4+. The van der Waals surface area contributed by atoms with Crippen molar-refractivity contribution in [1.82, 2.24) is 4.98 Å². The molecule has 0 aromatic carbocycles. The average molecular weight is 443 g/mol. The molecule has 2 aliphatic heterocycles. The molecular weight excluding hydrogens is 408 g/mol. The minimum atomic E-state index is 0.0760. The lowest BCUT2D eigenvalue weighted by Gasteiger charge is -2.29. The predicted molar refractivity (Wildman–Crippen MR) is 131 cm³/mol. The van der Waals surface area contributed by atoms with Crippen molar-refractivity contribution < 1.29 is 4.74 Å². The third-order valence-corrected chi connectivity index (χ3v) is 9.42. The number of ether oxygens (including phenoxy) is 1. The van der Waals surface area contributed by atoms with Crippen molar-refractivity contribution >= 4 is 29.1 Å². The third kappa shape index (κ3) is 4.90. The molecule has 2 atom stereocenters. The van der Waals surface area contributed by atoms with E-state index in [0.717, 1.165) is 48.4 Å². The van der Waals surface area contributed by atoms with Gasteiger partial charge in [-0.2, -0.15) is 0 Å². The Balaban J connectivity index is 1.67. The molecule has 3 heterocycles. The smallest absolute Gasteiger partial charge is 0.103 e. The van der Waals surface area contributed by atoms with Crippen molar-refractivity contribution in [3.05, 3.63) is 53.3 Å². The topological polar surface area (TPSA) is 48.1 Å². The van der Waals surface area contributed by atoms with Crippen molar-refractivity contribution in [3.8, 4) is 0 Å². The van der Waals surface area contributed by atoms with Crippen molar-refractivity contribution in [1.29, 1.82) is 0 Å². The number of thioether (sulfide) groups is 2. The molecule has 4 rings (SSSR count). The first-order chi connectivity index (χ1) is 14.7. The van der Waals surface area contributed by atoms with Crippen LogP contribution in [0.1, 0.15) is 81.2 Å². The molecule has 2 N–H and O–H groups in total. The summed E-state index contributed by atoms with van der Waals surface area (Å²) in [5.41, 5.74) is 11.8. The van der Waals surface area contributed by atoms with Gasteiger partial charge in [0, 0.05) is 24.0 Å². The first kappa shape index (κ1) is 22.2. The lowest BCUT2D eigenvalue weighted by molar-refractivity contribution is 0.0850. The van der Waals surface area contributed by atoms with E-state index in [4.69, 9.17) is 15.5 Å². The van der Waals surface area contributed by atoms with Gasteiger partial charge in [0.25, 0.3) is 0 Å². The van der Waals surface area contributed by atoms with Crippen LogP contribution in [0.15, 0.2) is 41.5 Å². The summed E-state index contributed by atoms with van der Waals surface area (Å²) in [6.45, 7) is 5.94. The Morgan fingerprint density at radius 1 is 1.27 bits per heavy atom. The van der Waals surface area contributed by atoms with Gasteiger partial charge in [0.15, 0.2) is 0 Å². The van der Waals surface area contributed by atoms with Crippen LogP contribution in [0.5, 0.6) is 0 Å². The highest BCUT2D eigenvalue weighted by molar-refractivity contribution is 8.17. The molecule has 0 amide bonds. The van der Waals surface area contributed by atoms with Crippen LogP contribution in [0, 0.1) is 0 Å². The fraction of sp³-hybridized carbons (Fsp3) is 0.560. The van der Waals surface area contributed by atoms with Crippen molar-refractivity contribution in [2.75, 3.05) is 13.2 Å². The fourth-order valence-corrected chi connectivity index (χ4v) is 7.59. The zero-order valence-electron chi connectivity index (χ0n) is 18.2. The van der Waals surface area contributed by atoms with Gasteiger partial charge >= 0.3 is 0 Å². The van der Waals surface area contributed by atoms with Crippen molar-refractivity contribution in [2.24, 2.45) is 5.73 Å². The Bertz CT molecular complexity index is 823. The number of aromatic nitrogens is 1. The average Bonchev–Trinajstić information content (AvgIpc) is 3.06. The Kier molecular flexibility index (Phi) is 7.79. The number of nitrogens with zero attached hydrogens (tertiary/aromatic N) is 1. The van der Waals surface area contributed by atoms with Crippen LogP contribution in [-0.2, 0) is 4.74 Å². The molecule has 3 aliphatic rings. The second kappa shape index (κ2) is 10.5. The molecule has 2 unspecified atom stereocenters. The molecule has 162 valence electrons. The Morgan fingerprint density at radius 2 is 2.07 bits per heavy atom. The summed E-state index contributed by atoms with van der Waals surface area (Å²) in [4.78, 5) is 5.13. The zero-order valence-corrected chi connectivity index (χ0v) is 19.8. The quantitative estimate of drug-likeness (QED) is 0.481. The molecular formula is C25H34N2OS2. The summed E-state index contributed by atoms with van der Waals surface area (Å²) in [6, 6.07) is 2.40. The molecule has 3 nitrogen and oxygen atoms in total. The lowest BCUT2D eigenvalue weighted by Crippen LogP contribution is -2.24. The molecule has 30 heavy (non-hydrogen) atoms. The minimum Gasteiger partial charge on any atom is -0.381 e. The van der Waals surface area contributed by atoms with Gasteiger partial charge in [0.05, 0.1) is 16.3 Å². The Morgan fingerprint density at radius 3 is 2.73 bits per heavy atom. The van der Waals surface area contributed by atoms with Gasteiger partial charge in [-0.05, 0) is 62.1 Å². The Labute approximate surface area is 190 Å². The zero-order chi connectivity index (χ0) is 20.9. The van der Waals surface area contributed by atoms with E-state index in [1.165, 1.54) is 36.0 Å². The predicted octanol–water partition coefficient (Wildman–Crippen LogP) is 6.62. The minimum absolute atomic E-state index is 0.0760. The van der Waals surface area contributed by atoms with E-state index in [1.807, 2.05) is 11.8 Å². The normalized spacial score (nSPS) is 25.9. The summed E-state index contributed by atoms with van der Waals surface area (Å²) in [7, 11) is 0. The number of nitrogens with two attached hydrogens (primary N) is 1. The lowest BCUT2D eigenvalue weighted by atomic mass is 9.86. The van der Waals surface area contributed by atoms with Crippen LogP contribution < -0.4 is 5.73 Å². The van der Waals surface area contributed by atoms with E-state index in [9.17, 15) is 0 Å². The molecule has 0 radical (unpaired) electrons. The number of hydrogen-bond donors (Lipinski definition) is 1. The van der Waals surface area contributed by atoms with E-state index >= 15 is 0 Å². The molecule has 1 saturated heterocycles. The number of hydrogen-bond acceptors (Lipinski definition) is 5. The molecule has 1 aromatic heterocycles. The maximum Gasteiger partial charge on any atom is 0.103 e. The number of allylic oxidation sites excluding steroid dienone is 6. The van der Waals surface area contributed by atoms with E-state index in [0.29, 0.717) is 10.5 Å². The van der Waals surface area contributed by atoms with Crippen LogP contribution in [0.25, 0.3) is 5.57 Å². The second-order valence-corrected chi connectivity index (χ2v) is 11.2. The van der Waals surface area contributed by atoms with Gasteiger partial charge in [-0.15, -0.1) is 11.8 Å². The highest BCUT2D eigenvalue weighted by Crippen LogP contribution is 2.53. The summed E-state index contributed by atoms with van der Waals surface area (Å²) >= 11 is 3.99. The largest absolute Gasteiger partial charge is 0.381 e. The van der Waals surface area contributed by atoms with Crippen LogP contribution in [0.2, 0.25) is 0 Å². The second-order valence-electron chi connectivity index (χ2n) is 8.34. The van der Waals surface area contributed by atoms with Crippen LogP contribution in [0.4, 0.5) is 0 Å². The number of rotatable bonds is 7. The summed E-state index contributed by atoms with van der Waals surface area (Å²) in [5, 5.41) is 1.95. The van der Waals surface area contributed by atoms with Gasteiger partial charge in [0.1, 0.15) is 5.03 Å². The van der Waals surface area contributed by atoms with Crippen molar-refractivity contribution in [2.45, 2.75) is 79.2 Å². The summed E-state index contributed by atoms with van der Waals surface area (Å²) < 4.78 is 6.04. The monoisotopic (exact) mass is 442 g/mol. The van der Waals surface area contributed by atoms with Crippen LogP contribution in [0.3, 0.4) is 0 Å². The van der Waals surface area contributed by atoms with Gasteiger partial charge in [-0.25, -0.2) is 4.98 Å². The maximum absolute atomic E-state index is 6.85. The van der Waals surface area contributed by atoms with E-state index < -0.39 is 0 Å². The SMILES string of the molecule is C\C=C(/C=C\C=C\CC)c1cc(C2CCOCC2)c2c(n1)SC(SC1CCC1)C2N. The molecule has 0 bridgehead atoms. The molecule has 1 aromatic rings. The number of pyridine rings is 1. The van der Waals surface area contributed by atoms with Gasteiger partial charge in [-0.1, -0.05) is 55.5 Å². The van der Waals surface area contributed by atoms with Crippen molar-refractivity contribution in [3.63, 3.8) is 0 Å². The van der Waals surface area contributed by atoms with Gasteiger partial charge in [-0.3, -0.25) is 0 Å². The first-order valence-corrected chi connectivity index (χ1v) is 13.2. The summed E-state index contributed by atoms with van der Waals surface area (Å²) in [6.07, 6.45) is 18.0. The van der Waals surface area contributed by atoms with Gasteiger partial charge in [0.2, 0.25) is 0 Å². The molecule has 1 saturated carbocycles. The molecule has 0 spiro atoms. The molecule has 5 heteroatoms. The van der Waals surface area contributed by atoms with Crippen LogP contribution in [-0.4, -0.2) is 28.0 Å². The van der Waals surface area contributed by atoms with Crippen LogP contribution >= 0.6 is 23.5 Å². The fourth-order valence-electron chi connectivity index (χ4n) is 4.30. The Hall–Kier alpha value is -1.01. The van der Waals surface area contributed by atoms with E-state index in [-0.39, 0.29) is 6.04 Å². The number of fused-ring (bicyclic) bond motifs is 1. The highest BCUT2D eigenvalue weighted by Gasteiger charge is 2.38. The summed E-state index contributed by atoms with van der Waals surface area (Å²) in [5.74, 6) is 0.524. The van der Waals surface area contributed by atoms with E-state index in [2.05, 4.69) is 62.1 Å².